The van der Waals surface area contributed by atoms with E-state index in [1.54, 1.807) is 25.1 Å². The number of rotatable bonds is 7. The summed E-state index contributed by atoms with van der Waals surface area (Å²) in [6.45, 7) is 5.27. The highest BCUT2D eigenvalue weighted by Crippen LogP contribution is 2.34. The molecule has 0 aliphatic heterocycles. The van der Waals surface area contributed by atoms with Gasteiger partial charge in [-0.1, -0.05) is 25.1 Å². The van der Waals surface area contributed by atoms with E-state index in [9.17, 15) is 14.4 Å². The van der Waals surface area contributed by atoms with Crippen LogP contribution in [0, 0.1) is 6.92 Å². The second-order valence-electron chi connectivity index (χ2n) is 6.16. The van der Waals surface area contributed by atoms with Gasteiger partial charge in [0, 0.05) is 10.3 Å². The molecular weight excluding hydrogens is 394 g/mol. The van der Waals surface area contributed by atoms with Crippen LogP contribution >= 0.6 is 11.3 Å². The fourth-order valence-corrected chi connectivity index (χ4v) is 4.14. The molecule has 8 nitrogen and oxygen atoms in total. The Labute approximate surface area is 171 Å². The second kappa shape index (κ2) is 8.87. The highest BCUT2D eigenvalue weighted by molar-refractivity contribution is 7.16. The molecule has 0 atom stereocenters. The van der Waals surface area contributed by atoms with E-state index in [1.165, 1.54) is 11.3 Å². The highest BCUT2D eigenvalue weighted by atomic mass is 32.1. The van der Waals surface area contributed by atoms with Gasteiger partial charge in [-0.15, -0.1) is 11.3 Å². The summed E-state index contributed by atoms with van der Waals surface area (Å²) in [4.78, 5) is 37.9. The number of anilines is 1. The fourth-order valence-electron chi connectivity index (χ4n) is 2.99. The summed E-state index contributed by atoms with van der Waals surface area (Å²) >= 11 is 1.29. The maximum Gasteiger partial charge on any atom is 0.359 e. The van der Waals surface area contributed by atoms with E-state index < -0.39 is 24.5 Å². The molecule has 0 saturated carbocycles. The quantitative estimate of drug-likeness (QED) is 0.572. The first kappa shape index (κ1) is 20.5. The van der Waals surface area contributed by atoms with Crippen LogP contribution in [-0.2, 0) is 20.7 Å². The largest absolute Gasteiger partial charge is 0.462 e. The van der Waals surface area contributed by atoms with Crippen molar-refractivity contribution in [1.82, 2.24) is 10.2 Å². The number of aryl methyl sites for hydroxylation is 1. The third-order valence-electron chi connectivity index (χ3n) is 4.29. The first-order chi connectivity index (χ1) is 14.0. The number of carbonyl (C=O) groups excluding carboxylic acids is 3. The Morgan fingerprint density at radius 2 is 1.90 bits per heavy atom. The van der Waals surface area contributed by atoms with Gasteiger partial charge in [-0.3, -0.25) is 9.89 Å². The van der Waals surface area contributed by atoms with Crippen molar-refractivity contribution in [2.24, 2.45) is 0 Å². The number of aromatic nitrogens is 2. The molecule has 0 saturated heterocycles. The zero-order valence-electron chi connectivity index (χ0n) is 16.3. The summed E-state index contributed by atoms with van der Waals surface area (Å²) in [6.07, 6.45) is 0.633. The van der Waals surface area contributed by atoms with E-state index in [1.807, 2.05) is 19.9 Å². The minimum Gasteiger partial charge on any atom is -0.462 e. The van der Waals surface area contributed by atoms with Crippen LogP contribution in [0.3, 0.4) is 0 Å². The van der Waals surface area contributed by atoms with Crippen molar-refractivity contribution >= 4 is 45.1 Å². The summed E-state index contributed by atoms with van der Waals surface area (Å²) in [5, 5.41) is 10.4. The number of carbonyl (C=O) groups is 3. The molecule has 1 amide bonds. The van der Waals surface area contributed by atoms with Crippen LogP contribution in [0.4, 0.5) is 5.00 Å². The molecule has 152 valence electrons. The van der Waals surface area contributed by atoms with Gasteiger partial charge in [0.25, 0.3) is 5.91 Å². The van der Waals surface area contributed by atoms with E-state index in [0.717, 1.165) is 10.4 Å². The van der Waals surface area contributed by atoms with Crippen LogP contribution in [0.5, 0.6) is 0 Å². The number of para-hydroxylation sites is 1. The number of fused-ring (bicyclic) bond motifs is 1. The Balaban J connectivity index is 1.69. The lowest BCUT2D eigenvalue weighted by molar-refractivity contribution is -0.119. The van der Waals surface area contributed by atoms with E-state index in [2.05, 4.69) is 15.5 Å². The normalized spacial score (nSPS) is 10.7. The minimum atomic E-state index is -0.708. The third kappa shape index (κ3) is 4.29. The molecular formula is C20H21N3O5S. The summed E-state index contributed by atoms with van der Waals surface area (Å²) in [5.74, 6) is -1.74. The van der Waals surface area contributed by atoms with Crippen LogP contribution in [-0.4, -0.2) is 41.3 Å². The molecule has 0 aliphatic rings. The van der Waals surface area contributed by atoms with Crippen molar-refractivity contribution in [2.75, 3.05) is 18.5 Å². The van der Waals surface area contributed by atoms with Gasteiger partial charge in [-0.2, -0.15) is 5.10 Å². The molecule has 9 heteroatoms. The van der Waals surface area contributed by atoms with Crippen molar-refractivity contribution in [2.45, 2.75) is 27.2 Å². The summed E-state index contributed by atoms with van der Waals surface area (Å²) in [7, 11) is 0. The van der Waals surface area contributed by atoms with Gasteiger partial charge >= 0.3 is 11.9 Å². The van der Waals surface area contributed by atoms with Crippen molar-refractivity contribution in [3.8, 4) is 0 Å². The summed E-state index contributed by atoms with van der Waals surface area (Å²) in [6, 6.07) is 7.12. The molecule has 1 aromatic carbocycles. The van der Waals surface area contributed by atoms with E-state index in [4.69, 9.17) is 9.47 Å². The molecule has 0 fully saturated rings. The molecule has 0 radical (unpaired) electrons. The molecule has 3 aromatic rings. The molecule has 0 bridgehead atoms. The zero-order chi connectivity index (χ0) is 21.0. The lowest BCUT2D eigenvalue weighted by Crippen LogP contribution is -2.22. The smallest absolute Gasteiger partial charge is 0.359 e. The average molecular weight is 415 g/mol. The van der Waals surface area contributed by atoms with Crippen molar-refractivity contribution < 1.29 is 23.9 Å². The van der Waals surface area contributed by atoms with Gasteiger partial charge in [0.1, 0.15) is 5.00 Å². The number of aromatic amines is 1. The first-order valence-electron chi connectivity index (χ1n) is 9.15. The van der Waals surface area contributed by atoms with Crippen LogP contribution < -0.4 is 5.32 Å². The molecule has 2 N–H and O–H groups in total. The molecule has 2 heterocycles. The van der Waals surface area contributed by atoms with Crippen LogP contribution in [0.25, 0.3) is 10.9 Å². The Morgan fingerprint density at radius 1 is 1.14 bits per heavy atom. The number of thiophene rings is 1. The lowest BCUT2D eigenvalue weighted by Gasteiger charge is -2.08. The van der Waals surface area contributed by atoms with Crippen LogP contribution in [0.2, 0.25) is 0 Å². The molecule has 0 spiro atoms. The second-order valence-corrected chi connectivity index (χ2v) is 7.38. The minimum absolute atomic E-state index is 0.112. The number of amides is 1. The number of esters is 2. The Hall–Kier alpha value is -3.20. The fraction of sp³-hybridized carbons (Fsp3) is 0.300. The van der Waals surface area contributed by atoms with Crippen molar-refractivity contribution in [3.63, 3.8) is 0 Å². The molecule has 0 unspecified atom stereocenters. The molecule has 29 heavy (non-hydrogen) atoms. The summed E-state index contributed by atoms with van der Waals surface area (Å²) in [5.41, 5.74) is 2.00. The number of ether oxygens (including phenoxy) is 2. The number of nitrogens with one attached hydrogen (secondary N) is 2. The molecule has 2 aromatic heterocycles. The Morgan fingerprint density at radius 3 is 2.62 bits per heavy atom. The van der Waals surface area contributed by atoms with Gasteiger partial charge < -0.3 is 14.8 Å². The predicted molar refractivity (Wildman–Crippen MR) is 109 cm³/mol. The number of H-pyrrole nitrogens is 1. The molecule has 0 aliphatic carbocycles. The number of benzene rings is 1. The third-order valence-corrected chi connectivity index (χ3v) is 5.36. The standard InChI is InChI=1S/C20H21N3O5S/c1-4-12-11(3)29-18(16(12)19(25)27-5-2)21-15(24)10-28-20(26)17-13-8-6-7-9-14(13)22-23-17/h6-9H,4-5,10H2,1-3H3,(H,21,24)(H,22,23). The number of hydrogen-bond donors (Lipinski definition) is 2. The van der Waals surface area contributed by atoms with E-state index >= 15 is 0 Å². The average Bonchev–Trinajstić information content (AvgIpc) is 3.26. The Bertz CT molecular complexity index is 1070. The topological polar surface area (TPSA) is 110 Å². The maximum absolute atomic E-state index is 12.3. The van der Waals surface area contributed by atoms with Crippen molar-refractivity contribution in [1.29, 1.82) is 0 Å². The van der Waals surface area contributed by atoms with Gasteiger partial charge in [0.2, 0.25) is 0 Å². The van der Waals surface area contributed by atoms with Gasteiger partial charge in [0.05, 0.1) is 17.7 Å². The lowest BCUT2D eigenvalue weighted by atomic mass is 10.1. The predicted octanol–water partition coefficient (Wildman–Crippen LogP) is 3.47. The SMILES string of the molecule is CCOC(=O)c1c(NC(=O)COC(=O)c2n[nH]c3ccccc23)sc(C)c1CC. The zero-order valence-corrected chi connectivity index (χ0v) is 17.1. The summed E-state index contributed by atoms with van der Waals surface area (Å²) < 4.78 is 10.2. The van der Waals surface area contributed by atoms with E-state index in [-0.39, 0.29) is 12.3 Å². The van der Waals surface area contributed by atoms with Gasteiger partial charge in [0.15, 0.2) is 12.3 Å². The number of hydrogen-bond acceptors (Lipinski definition) is 7. The van der Waals surface area contributed by atoms with Gasteiger partial charge in [-0.05, 0) is 31.9 Å². The monoisotopic (exact) mass is 415 g/mol. The molecule has 3 rings (SSSR count). The van der Waals surface area contributed by atoms with Crippen molar-refractivity contribution in [3.05, 3.63) is 46.0 Å². The first-order valence-corrected chi connectivity index (χ1v) is 9.97. The maximum atomic E-state index is 12.3. The van der Waals surface area contributed by atoms with E-state index in [0.29, 0.717) is 27.9 Å². The van der Waals surface area contributed by atoms with Crippen LogP contribution in [0.1, 0.15) is 45.1 Å². The van der Waals surface area contributed by atoms with Crippen LogP contribution in [0.15, 0.2) is 24.3 Å². The Kier molecular flexibility index (Phi) is 6.28. The highest BCUT2D eigenvalue weighted by Gasteiger charge is 2.24. The number of nitrogens with zero attached hydrogens (tertiary/aromatic N) is 1. The van der Waals surface area contributed by atoms with Gasteiger partial charge in [-0.25, -0.2) is 9.59 Å².